The minimum absolute atomic E-state index is 0.0301. The number of hydrogen-bond acceptors (Lipinski definition) is 6. The predicted octanol–water partition coefficient (Wildman–Crippen LogP) is 1.86. The van der Waals surface area contributed by atoms with Gasteiger partial charge < -0.3 is 15.4 Å². The Bertz CT molecular complexity index is 997. The third-order valence-electron chi connectivity index (χ3n) is 4.89. The van der Waals surface area contributed by atoms with Crippen molar-refractivity contribution in [2.45, 2.75) is 25.0 Å². The molecule has 30 heavy (non-hydrogen) atoms. The molecule has 0 aliphatic carbocycles. The van der Waals surface area contributed by atoms with Crippen molar-refractivity contribution >= 4 is 18.2 Å². The molecule has 2 aromatic rings. The van der Waals surface area contributed by atoms with Gasteiger partial charge in [-0.2, -0.15) is 5.10 Å². The minimum Gasteiger partial charge on any atom is -0.472 e. The molecule has 2 aliphatic heterocycles. The molecule has 156 valence electrons. The summed E-state index contributed by atoms with van der Waals surface area (Å²) in [6.07, 6.45) is 3.27. The summed E-state index contributed by atoms with van der Waals surface area (Å²) in [4.78, 5) is 33.4. The predicted molar refractivity (Wildman–Crippen MR) is 101 cm³/mol. The number of halogens is 2. The van der Waals surface area contributed by atoms with E-state index in [0.717, 1.165) is 6.07 Å². The van der Waals surface area contributed by atoms with Gasteiger partial charge in [-0.25, -0.2) is 28.6 Å². The van der Waals surface area contributed by atoms with Crippen LogP contribution in [0.25, 0.3) is 0 Å². The van der Waals surface area contributed by atoms with Crippen molar-refractivity contribution < 1.29 is 23.1 Å². The van der Waals surface area contributed by atoms with Crippen LogP contribution in [0.4, 0.5) is 13.6 Å². The summed E-state index contributed by atoms with van der Waals surface area (Å²) >= 11 is 0. The number of ether oxygens (including phenoxy) is 1. The zero-order chi connectivity index (χ0) is 21.3. The second-order valence-electron chi connectivity index (χ2n) is 6.96. The van der Waals surface area contributed by atoms with Gasteiger partial charge in [-0.1, -0.05) is 0 Å². The number of benzene rings is 1. The Kier molecular flexibility index (Phi) is 5.25. The normalized spacial score (nSPS) is 20.6. The van der Waals surface area contributed by atoms with Crippen LogP contribution in [0, 0.1) is 11.6 Å². The summed E-state index contributed by atoms with van der Waals surface area (Å²) in [5.74, 6) is -1.93. The number of carbonyl (C=O) groups is 2. The van der Waals surface area contributed by atoms with E-state index < -0.39 is 23.6 Å². The fourth-order valence-electron chi connectivity index (χ4n) is 3.50. The number of urea groups is 1. The van der Waals surface area contributed by atoms with Crippen molar-refractivity contribution in [2.24, 2.45) is 10.8 Å². The highest BCUT2D eigenvalue weighted by Crippen LogP contribution is 2.31. The van der Waals surface area contributed by atoms with E-state index in [0.29, 0.717) is 24.9 Å². The van der Waals surface area contributed by atoms with Gasteiger partial charge in [0.1, 0.15) is 29.8 Å². The number of amides is 3. The molecule has 1 aromatic carbocycles. The van der Waals surface area contributed by atoms with Crippen LogP contribution in [0.15, 0.2) is 35.7 Å². The molecule has 2 unspecified atom stereocenters. The molecule has 2 aliphatic rings. The quantitative estimate of drug-likeness (QED) is 0.817. The van der Waals surface area contributed by atoms with E-state index in [9.17, 15) is 18.4 Å². The molecule has 9 nitrogen and oxygen atoms in total. The van der Waals surface area contributed by atoms with E-state index >= 15 is 0 Å². The Balaban J connectivity index is 1.42. The average molecular weight is 416 g/mol. The van der Waals surface area contributed by atoms with Gasteiger partial charge in [0.2, 0.25) is 5.88 Å². The molecule has 4 rings (SSSR count). The number of hydrogen-bond donors (Lipinski definition) is 1. The highest BCUT2D eigenvalue weighted by Gasteiger charge is 2.36. The number of likely N-dealkylation sites (tertiary alicyclic amines) is 1. The summed E-state index contributed by atoms with van der Waals surface area (Å²) in [7, 11) is 0. The van der Waals surface area contributed by atoms with E-state index in [1.54, 1.807) is 11.1 Å². The molecule has 3 heterocycles. The van der Waals surface area contributed by atoms with E-state index in [4.69, 9.17) is 10.5 Å². The lowest BCUT2D eigenvalue weighted by Crippen LogP contribution is -2.40. The van der Waals surface area contributed by atoms with Crippen LogP contribution < -0.4 is 10.5 Å². The van der Waals surface area contributed by atoms with Gasteiger partial charge in [-0.15, -0.1) is 0 Å². The smallest absolute Gasteiger partial charge is 0.341 e. The van der Waals surface area contributed by atoms with E-state index in [-0.39, 0.29) is 30.3 Å². The molecular weight excluding hydrogens is 398 g/mol. The SMILES string of the molecule is NC(=O)c1cc(OC2CCN(C(=O)N3N=CCC3c3cc(F)cc(F)c3)C2)ncn1. The summed E-state index contributed by atoms with van der Waals surface area (Å²) in [5.41, 5.74) is 5.57. The monoisotopic (exact) mass is 416 g/mol. The van der Waals surface area contributed by atoms with Gasteiger partial charge in [0.25, 0.3) is 5.91 Å². The number of carbonyl (C=O) groups excluding carboxylic acids is 2. The van der Waals surface area contributed by atoms with Gasteiger partial charge in [-0.3, -0.25) is 4.79 Å². The van der Waals surface area contributed by atoms with Crippen LogP contribution in [-0.2, 0) is 0 Å². The average Bonchev–Trinajstić information content (AvgIpc) is 3.36. The van der Waals surface area contributed by atoms with Gasteiger partial charge in [0.05, 0.1) is 12.6 Å². The fourth-order valence-corrected chi connectivity index (χ4v) is 3.50. The largest absolute Gasteiger partial charge is 0.472 e. The van der Waals surface area contributed by atoms with Crippen molar-refractivity contribution in [3.8, 4) is 5.88 Å². The number of hydrazone groups is 1. The van der Waals surface area contributed by atoms with Crippen molar-refractivity contribution in [3.63, 3.8) is 0 Å². The summed E-state index contributed by atoms with van der Waals surface area (Å²) in [6, 6.07) is 3.55. The maximum Gasteiger partial charge on any atom is 0.341 e. The lowest BCUT2D eigenvalue weighted by Gasteiger charge is -2.27. The van der Waals surface area contributed by atoms with E-state index in [2.05, 4.69) is 15.1 Å². The number of nitrogens with two attached hydrogens (primary N) is 1. The topological polar surface area (TPSA) is 114 Å². The lowest BCUT2D eigenvalue weighted by molar-refractivity contribution is 0.0994. The maximum absolute atomic E-state index is 13.6. The number of nitrogens with zero attached hydrogens (tertiary/aromatic N) is 5. The first kappa shape index (κ1) is 19.7. The highest BCUT2D eigenvalue weighted by molar-refractivity contribution is 5.90. The van der Waals surface area contributed by atoms with Crippen molar-refractivity contribution in [3.05, 3.63) is 53.5 Å². The molecule has 11 heteroatoms. The maximum atomic E-state index is 13.6. The first-order valence-electron chi connectivity index (χ1n) is 9.26. The molecule has 0 radical (unpaired) electrons. The molecule has 2 atom stereocenters. The standard InChI is InChI=1S/C19H18F2N6O3/c20-12-5-11(6-13(21)7-12)16-1-3-25-27(16)19(29)26-4-2-14(9-26)30-17-8-15(18(22)28)23-10-24-17/h3,5-8,10,14,16H,1-2,4,9H2,(H2,22,28). The first-order chi connectivity index (χ1) is 14.4. The highest BCUT2D eigenvalue weighted by atomic mass is 19.1. The molecule has 2 N–H and O–H groups in total. The van der Waals surface area contributed by atoms with E-state index in [1.807, 2.05) is 0 Å². The molecule has 1 aromatic heterocycles. The lowest BCUT2D eigenvalue weighted by atomic mass is 10.0. The molecule has 3 amide bonds. The van der Waals surface area contributed by atoms with Crippen LogP contribution >= 0.6 is 0 Å². The second-order valence-corrected chi connectivity index (χ2v) is 6.96. The molecule has 1 fully saturated rings. The van der Waals surface area contributed by atoms with Gasteiger partial charge in [-0.05, 0) is 17.7 Å². The minimum atomic E-state index is -0.709. The first-order valence-corrected chi connectivity index (χ1v) is 9.26. The van der Waals surface area contributed by atoms with Crippen LogP contribution in [-0.4, -0.2) is 57.2 Å². The van der Waals surface area contributed by atoms with E-state index in [1.165, 1.54) is 29.5 Å². The van der Waals surface area contributed by atoms with Gasteiger partial charge >= 0.3 is 6.03 Å². The van der Waals surface area contributed by atoms with Crippen LogP contribution in [0.3, 0.4) is 0 Å². The number of rotatable bonds is 4. The van der Waals surface area contributed by atoms with Gasteiger partial charge in [0, 0.05) is 37.7 Å². The van der Waals surface area contributed by atoms with Crippen molar-refractivity contribution in [1.29, 1.82) is 0 Å². The van der Waals surface area contributed by atoms with Crippen LogP contribution in [0.2, 0.25) is 0 Å². The summed E-state index contributed by atoms with van der Waals surface area (Å²) in [6.45, 7) is 0.679. The van der Waals surface area contributed by atoms with Crippen LogP contribution in [0.5, 0.6) is 5.88 Å². The summed E-state index contributed by atoms with van der Waals surface area (Å²) < 4.78 is 32.9. The van der Waals surface area contributed by atoms with Crippen molar-refractivity contribution in [2.75, 3.05) is 13.1 Å². The molecular formula is C19H18F2N6O3. The Labute approximate surface area is 170 Å². The molecule has 0 bridgehead atoms. The third kappa shape index (κ3) is 4.04. The zero-order valence-electron chi connectivity index (χ0n) is 15.7. The second kappa shape index (κ2) is 8.01. The number of primary amides is 1. The Morgan fingerprint density at radius 1 is 1.13 bits per heavy atom. The number of aromatic nitrogens is 2. The van der Waals surface area contributed by atoms with Crippen LogP contribution in [0.1, 0.15) is 34.9 Å². The molecule has 1 saturated heterocycles. The molecule has 0 saturated carbocycles. The summed E-state index contributed by atoms with van der Waals surface area (Å²) in [5, 5.41) is 5.33. The Morgan fingerprint density at radius 3 is 2.63 bits per heavy atom. The van der Waals surface area contributed by atoms with Gasteiger partial charge in [0.15, 0.2) is 0 Å². The zero-order valence-corrected chi connectivity index (χ0v) is 15.7. The Hall–Kier alpha value is -3.63. The third-order valence-corrected chi connectivity index (χ3v) is 4.89. The fraction of sp³-hybridized carbons (Fsp3) is 0.316. The molecule has 0 spiro atoms. The Morgan fingerprint density at radius 2 is 1.90 bits per heavy atom. The van der Waals surface area contributed by atoms with Crippen molar-refractivity contribution in [1.82, 2.24) is 19.9 Å².